The molecule has 0 bridgehead atoms. The van der Waals surface area contributed by atoms with Crippen molar-refractivity contribution in [2.75, 3.05) is 13.7 Å². The average Bonchev–Trinajstić information content (AvgIpc) is 2.47. The Labute approximate surface area is 119 Å². The van der Waals surface area contributed by atoms with Gasteiger partial charge in [0.1, 0.15) is 6.61 Å². The molecule has 0 aromatic carbocycles. The standard InChI is InChI=1S/C16H16O4/c1-4-14(2)16(18)20-13-11-9-7-5-6-8-10-12-15(17)19-3/h4,9-12H,13H2,1-3H3/b11-9?,12-10-,14-4-. The van der Waals surface area contributed by atoms with Gasteiger partial charge < -0.3 is 9.47 Å². The quantitative estimate of drug-likeness (QED) is 0.445. The number of methoxy groups -OCH3 is 1. The summed E-state index contributed by atoms with van der Waals surface area (Å²) in [5, 5.41) is 0. The number of ether oxygens (including phenoxy) is 2. The fourth-order valence-corrected chi connectivity index (χ4v) is 0.796. The van der Waals surface area contributed by atoms with Gasteiger partial charge in [0, 0.05) is 11.6 Å². The lowest BCUT2D eigenvalue weighted by Gasteiger charge is -1.99. The van der Waals surface area contributed by atoms with Gasteiger partial charge >= 0.3 is 11.9 Å². The fraction of sp³-hybridized carbons (Fsp3) is 0.250. The SMILES string of the molecule is C/C=C(/C)C(=O)OCC=CC#CC#C/C=C\C(=O)OC. The molecule has 0 aromatic rings. The highest BCUT2D eigenvalue weighted by Gasteiger charge is 2.01. The third-order valence-electron chi connectivity index (χ3n) is 1.98. The lowest BCUT2D eigenvalue weighted by Crippen LogP contribution is -2.05. The summed E-state index contributed by atoms with van der Waals surface area (Å²) in [7, 11) is 1.29. The Kier molecular flexibility index (Phi) is 9.83. The van der Waals surface area contributed by atoms with Gasteiger partial charge in [-0.15, -0.1) is 0 Å². The maximum Gasteiger partial charge on any atom is 0.333 e. The molecule has 0 rings (SSSR count). The molecule has 0 aliphatic carbocycles. The van der Waals surface area contributed by atoms with Crippen LogP contribution in [0.3, 0.4) is 0 Å². The minimum atomic E-state index is -0.467. The summed E-state index contributed by atoms with van der Waals surface area (Å²) in [6.07, 6.45) is 7.39. The monoisotopic (exact) mass is 272 g/mol. The summed E-state index contributed by atoms with van der Waals surface area (Å²) in [5.41, 5.74) is 0.563. The van der Waals surface area contributed by atoms with E-state index in [1.54, 1.807) is 26.0 Å². The molecule has 0 amide bonds. The van der Waals surface area contributed by atoms with Gasteiger partial charge in [-0.2, -0.15) is 0 Å². The number of carbonyl (C=O) groups excluding carboxylic acids is 2. The van der Waals surface area contributed by atoms with Crippen LogP contribution in [0, 0.1) is 23.7 Å². The van der Waals surface area contributed by atoms with Crippen LogP contribution < -0.4 is 0 Å². The predicted octanol–water partition coefficient (Wildman–Crippen LogP) is 1.79. The lowest BCUT2D eigenvalue weighted by molar-refractivity contribution is -0.138. The number of carbonyl (C=O) groups is 2. The van der Waals surface area contributed by atoms with Gasteiger partial charge in [0.15, 0.2) is 0 Å². The minimum Gasteiger partial charge on any atom is -0.466 e. The van der Waals surface area contributed by atoms with E-state index >= 15 is 0 Å². The third kappa shape index (κ3) is 9.32. The van der Waals surface area contributed by atoms with Crippen molar-refractivity contribution in [3.63, 3.8) is 0 Å². The number of esters is 2. The molecule has 0 N–H and O–H groups in total. The van der Waals surface area contributed by atoms with Gasteiger partial charge in [-0.25, -0.2) is 9.59 Å². The molecule has 0 fully saturated rings. The molecule has 20 heavy (non-hydrogen) atoms. The van der Waals surface area contributed by atoms with Crippen LogP contribution in [0.4, 0.5) is 0 Å². The minimum absolute atomic E-state index is 0.161. The van der Waals surface area contributed by atoms with Crippen molar-refractivity contribution in [1.29, 1.82) is 0 Å². The first-order chi connectivity index (χ1) is 9.61. The molecule has 0 aromatic heterocycles. The Morgan fingerprint density at radius 3 is 2.40 bits per heavy atom. The molecule has 0 saturated heterocycles. The van der Waals surface area contributed by atoms with Crippen molar-refractivity contribution in [2.45, 2.75) is 13.8 Å². The molecule has 4 nitrogen and oxygen atoms in total. The first-order valence-electron chi connectivity index (χ1n) is 5.82. The lowest BCUT2D eigenvalue weighted by atomic mass is 10.3. The second-order valence-electron chi connectivity index (χ2n) is 3.37. The second-order valence-corrected chi connectivity index (χ2v) is 3.37. The van der Waals surface area contributed by atoms with E-state index in [-0.39, 0.29) is 12.6 Å². The highest BCUT2D eigenvalue weighted by molar-refractivity contribution is 5.87. The summed E-state index contributed by atoms with van der Waals surface area (Å²) < 4.78 is 9.30. The van der Waals surface area contributed by atoms with Crippen molar-refractivity contribution in [1.82, 2.24) is 0 Å². The van der Waals surface area contributed by atoms with Gasteiger partial charge in [-0.3, -0.25) is 0 Å². The highest BCUT2D eigenvalue weighted by atomic mass is 16.5. The molecule has 0 aliphatic heterocycles. The maximum absolute atomic E-state index is 11.2. The van der Waals surface area contributed by atoms with Crippen LogP contribution in [0.25, 0.3) is 0 Å². The zero-order chi connectivity index (χ0) is 15.2. The Morgan fingerprint density at radius 1 is 1.15 bits per heavy atom. The molecule has 0 heterocycles. The number of hydrogen-bond donors (Lipinski definition) is 0. The van der Waals surface area contributed by atoms with Crippen LogP contribution in [-0.4, -0.2) is 25.7 Å². The summed E-state index contributed by atoms with van der Waals surface area (Å²) in [6.45, 7) is 3.61. The van der Waals surface area contributed by atoms with Crippen LogP contribution in [0.15, 0.2) is 36.0 Å². The molecular weight excluding hydrogens is 256 g/mol. The zero-order valence-corrected chi connectivity index (χ0v) is 11.7. The average molecular weight is 272 g/mol. The van der Waals surface area contributed by atoms with Crippen LogP contribution >= 0.6 is 0 Å². The Balaban J connectivity index is 4.02. The van der Waals surface area contributed by atoms with Crippen LogP contribution in [-0.2, 0) is 19.1 Å². The number of rotatable bonds is 4. The second kappa shape index (κ2) is 11.4. The first-order valence-corrected chi connectivity index (χ1v) is 5.82. The van der Waals surface area contributed by atoms with E-state index in [9.17, 15) is 9.59 Å². The van der Waals surface area contributed by atoms with Crippen LogP contribution in [0.5, 0.6) is 0 Å². The smallest absolute Gasteiger partial charge is 0.333 e. The molecular formula is C16H16O4. The fourth-order valence-electron chi connectivity index (χ4n) is 0.796. The molecule has 0 spiro atoms. The van der Waals surface area contributed by atoms with E-state index in [2.05, 4.69) is 28.4 Å². The van der Waals surface area contributed by atoms with Crippen LogP contribution in [0.2, 0.25) is 0 Å². The van der Waals surface area contributed by atoms with Crippen molar-refractivity contribution in [2.24, 2.45) is 0 Å². The third-order valence-corrected chi connectivity index (χ3v) is 1.98. The first kappa shape index (κ1) is 17.3. The molecule has 0 radical (unpaired) electrons. The summed E-state index contributed by atoms with van der Waals surface area (Å²) in [5.74, 6) is 9.44. The van der Waals surface area contributed by atoms with E-state index in [1.807, 2.05) is 0 Å². The number of hydrogen-bond acceptors (Lipinski definition) is 4. The predicted molar refractivity (Wildman–Crippen MR) is 76.2 cm³/mol. The summed E-state index contributed by atoms with van der Waals surface area (Å²) in [4.78, 5) is 21.9. The van der Waals surface area contributed by atoms with Gasteiger partial charge in [-0.05, 0) is 43.9 Å². The Bertz CT molecular complexity index is 542. The van der Waals surface area contributed by atoms with Gasteiger partial charge in [-0.1, -0.05) is 17.9 Å². The van der Waals surface area contributed by atoms with Gasteiger partial charge in [0.2, 0.25) is 0 Å². The Hall–Kier alpha value is -2.72. The van der Waals surface area contributed by atoms with Crippen molar-refractivity contribution < 1.29 is 19.1 Å². The maximum atomic E-state index is 11.2. The molecule has 104 valence electrons. The largest absolute Gasteiger partial charge is 0.466 e. The molecule has 0 unspecified atom stereocenters. The molecule has 0 saturated carbocycles. The molecule has 4 heteroatoms. The van der Waals surface area contributed by atoms with Crippen molar-refractivity contribution >= 4 is 11.9 Å². The summed E-state index contributed by atoms with van der Waals surface area (Å²) >= 11 is 0. The molecule has 0 atom stereocenters. The van der Waals surface area contributed by atoms with Gasteiger partial charge in [0.25, 0.3) is 0 Å². The summed E-state index contributed by atoms with van der Waals surface area (Å²) in [6, 6.07) is 0. The Morgan fingerprint density at radius 2 is 1.80 bits per heavy atom. The highest BCUT2D eigenvalue weighted by Crippen LogP contribution is 1.95. The number of allylic oxidation sites excluding steroid dienone is 3. The van der Waals surface area contributed by atoms with E-state index in [0.717, 1.165) is 0 Å². The van der Waals surface area contributed by atoms with Crippen molar-refractivity contribution in [3.05, 3.63) is 36.0 Å². The topological polar surface area (TPSA) is 52.6 Å². The van der Waals surface area contributed by atoms with Gasteiger partial charge in [0.05, 0.1) is 7.11 Å². The normalized spacial score (nSPS) is 10.4. The van der Waals surface area contributed by atoms with E-state index in [1.165, 1.54) is 25.3 Å². The van der Waals surface area contributed by atoms with E-state index in [0.29, 0.717) is 5.57 Å². The molecule has 0 aliphatic rings. The zero-order valence-electron chi connectivity index (χ0n) is 11.7. The van der Waals surface area contributed by atoms with E-state index < -0.39 is 5.97 Å². The van der Waals surface area contributed by atoms with Crippen molar-refractivity contribution in [3.8, 4) is 23.7 Å². The van der Waals surface area contributed by atoms with E-state index in [4.69, 9.17) is 4.74 Å². The van der Waals surface area contributed by atoms with Crippen LogP contribution in [0.1, 0.15) is 13.8 Å².